The number of fused-ring (bicyclic) bond motifs is 1. The second-order valence-electron chi connectivity index (χ2n) is 14.0. The molecule has 0 radical (unpaired) electrons. The number of rotatable bonds is 12. The second-order valence-corrected chi connectivity index (χ2v) is 14.0. The van der Waals surface area contributed by atoms with Gasteiger partial charge in [0.25, 0.3) is 5.91 Å². The highest BCUT2D eigenvalue weighted by Gasteiger charge is 2.70. The van der Waals surface area contributed by atoms with Crippen molar-refractivity contribution in [3.05, 3.63) is 0 Å². The van der Waals surface area contributed by atoms with E-state index < -0.39 is 71.1 Å². The van der Waals surface area contributed by atoms with Crippen LogP contribution in [0.5, 0.6) is 0 Å². The van der Waals surface area contributed by atoms with Crippen molar-refractivity contribution < 1.29 is 33.5 Å². The molecule has 0 heterocycles. The van der Waals surface area contributed by atoms with E-state index in [1.807, 2.05) is 27.7 Å². The van der Waals surface area contributed by atoms with Crippen LogP contribution >= 0.6 is 0 Å². The van der Waals surface area contributed by atoms with Crippen molar-refractivity contribution in [3.63, 3.8) is 0 Å². The number of carbonyl (C=O) groups is 6. The highest BCUT2D eigenvalue weighted by molar-refractivity contribution is 6.38. The van der Waals surface area contributed by atoms with E-state index >= 15 is 0 Å². The van der Waals surface area contributed by atoms with E-state index in [-0.39, 0.29) is 36.0 Å². The Bertz CT molecular complexity index is 1130. The topological polar surface area (TPSA) is 160 Å². The summed E-state index contributed by atoms with van der Waals surface area (Å²) in [5, 5.41) is 10.1. The predicted octanol–water partition coefficient (Wildman–Crippen LogP) is 2.12. The third-order valence-electron chi connectivity index (χ3n) is 8.18. The fraction of sp³-hybridized carbons (Fsp3) is 0.742. The zero-order valence-corrected chi connectivity index (χ0v) is 26.4. The van der Waals surface area contributed by atoms with Gasteiger partial charge in [0.1, 0.15) is 5.60 Å². The van der Waals surface area contributed by atoms with Crippen LogP contribution in [0, 0.1) is 46.8 Å². The molecule has 0 aromatic carbocycles. The zero-order chi connectivity index (χ0) is 32.2. The van der Waals surface area contributed by atoms with Gasteiger partial charge in [-0.2, -0.15) is 0 Å². The van der Waals surface area contributed by atoms with Crippen LogP contribution in [0.2, 0.25) is 0 Å². The molecule has 4 amide bonds. The number of terminal acetylenes is 1. The molecular weight excluding hydrogens is 540 g/mol. The number of hydrogen-bond donors (Lipinski definition) is 4. The number of nitrogens with one attached hydrogen (secondary N) is 4. The Labute approximate surface area is 249 Å². The van der Waals surface area contributed by atoms with Gasteiger partial charge in [-0.3, -0.25) is 24.0 Å². The van der Waals surface area contributed by atoms with Gasteiger partial charge < -0.3 is 26.0 Å². The van der Waals surface area contributed by atoms with E-state index in [2.05, 4.69) is 41.0 Å². The summed E-state index contributed by atoms with van der Waals surface area (Å²) in [7, 11) is 0. The number of Topliss-reactive ketones (excluding diaryl/α,β-unsaturated/α-hetero) is 2. The number of amides is 4. The smallest absolute Gasteiger partial charge is 0.408 e. The Kier molecular flexibility index (Phi) is 11.0. The van der Waals surface area contributed by atoms with Crippen LogP contribution in [0.25, 0.3) is 0 Å². The molecule has 0 aromatic rings. The highest BCUT2D eigenvalue weighted by atomic mass is 16.6. The van der Waals surface area contributed by atoms with Crippen LogP contribution in [-0.4, -0.2) is 66.2 Å². The quantitative estimate of drug-likeness (QED) is 0.201. The lowest BCUT2D eigenvalue weighted by Gasteiger charge is -2.35. The van der Waals surface area contributed by atoms with Gasteiger partial charge in [-0.25, -0.2) is 4.79 Å². The van der Waals surface area contributed by atoms with Gasteiger partial charge in [0.05, 0.1) is 31.1 Å². The highest BCUT2D eigenvalue weighted by Crippen LogP contribution is 2.71. The number of hydrogen-bond acceptors (Lipinski definition) is 7. The van der Waals surface area contributed by atoms with E-state index in [4.69, 9.17) is 11.2 Å². The molecular formula is C31H48N4O7. The Morgan fingerprint density at radius 1 is 1.00 bits per heavy atom. The van der Waals surface area contributed by atoms with Crippen molar-refractivity contribution in [1.82, 2.24) is 21.3 Å². The predicted molar refractivity (Wildman–Crippen MR) is 157 cm³/mol. The summed E-state index contributed by atoms with van der Waals surface area (Å²) in [5.41, 5.74) is -1.58. The van der Waals surface area contributed by atoms with E-state index in [0.717, 1.165) is 0 Å². The maximum Gasteiger partial charge on any atom is 0.408 e. The van der Waals surface area contributed by atoms with Crippen molar-refractivity contribution in [3.8, 4) is 12.3 Å². The third-order valence-corrected chi connectivity index (χ3v) is 8.18. The molecule has 4 N–H and O–H groups in total. The Hall–Kier alpha value is -3.42. The number of ketones is 2. The van der Waals surface area contributed by atoms with E-state index in [1.165, 1.54) is 0 Å². The van der Waals surface area contributed by atoms with Crippen molar-refractivity contribution in [2.24, 2.45) is 34.5 Å². The molecule has 2 rings (SSSR count). The molecule has 2 unspecified atom stereocenters. The molecule has 2 saturated carbocycles. The van der Waals surface area contributed by atoms with Gasteiger partial charge in [-0.15, -0.1) is 6.42 Å². The first-order valence-electron chi connectivity index (χ1n) is 14.6. The largest absolute Gasteiger partial charge is 0.444 e. The molecule has 2 aliphatic carbocycles. The molecule has 2 aliphatic rings. The minimum atomic E-state index is -1.12. The summed E-state index contributed by atoms with van der Waals surface area (Å²) < 4.78 is 5.41. The fourth-order valence-corrected chi connectivity index (χ4v) is 6.06. The number of ether oxygens (including phenoxy) is 1. The van der Waals surface area contributed by atoms with Gasteiger partial charge in [-0.1, -0.05) is 53.9 Å². The van der Waals surface area contributed by atoms with Crippen LogP contribution in [0.15, 0.2) is 0 Å². The molecule has 0 aliphatic heterocycles. The van der Waals surface area contributed by atoms with Gasteiger partial charge >= 0.3 is 6.09 Å². The van der Waals surface area contributed by atoms with Crippen LogP contribution in [-0.2, 0) is 28.7 Å². The molecule has 2 fully saturated rings. The molecule has 234 valence electrons. The lowest BCUT2D eigenvalue weighted by Crippen LogP contribution is -2.55. The molecule has 42 heavy (non-hydrogen) atoms. The van der Waals surface area contributed by atoms with Gasteiger partial charge in [0.2, 0.25) is 17.6 Å². The van der Waals surface area contributed by atoms with Crippen LogP contribution in [0.1, 0.15) is 81.6 Å². The molecule has 11 heteroatoms. The lowest BCUT2D eigenvalue weighted by atomic mass is 9.74. The minimum absolute atomic E-state index is 0.0136. The molecule has 0 bridgehead atoms. The van der Waals surface area contributed by atoms with Crippen molar-refractivity contribution in [2.45, 2.75) is 99.3 Å². The maximum atomic E-state index is 14.0. The first-order chi connectivity index (χ1) is 19.3. The van der Waals surface area contributed by atoms with Crippen LogP contribution in [0.4, 0.5) is 4.79 Å². The molecule has 0 spiro atoms. The van der Waals surface area contributed by atoms with E-state index in [1.54, 1.807) is 20.8 Å². The first-order valence-corrected chi connectivity index (χ1v) is 14.6. The van der Waals surface area contributed by atoms with E-state index in [0.29, 0.717) is 12.8 Å². The first kappa shape index (κ1) is 34.8. The fourth-order valence-electron chi connectivity index (χ4n) is 6.06. The zero-order valence-electron chi connectivity index (χ0n) is 26.4. The van der Waals surface area contributed by atoms with Gasteiger partial charge in [0.15, 0.2) is 5.78 Å². The Morgan fingerprint density at radius 2 is 1.62 bits per heavy atom. The van der Waals surface area contributed by atoms with Gasteiger partial charge in [-0.05, 0) is 56.3 Å². The SMILES string of the molecule is C#CCNC(=O)CNC(=O)C(=O)C(CCC)NC(=O)[C@H]1C(C(=O)[C@@H](NC(=O)OC(C)(C)C)C(C)(C)C)C[C@H]2[C@@H]1C2(C)C. The Morgan fingerprint density at radius 3 is 2.14 bits per heavy atom. The van der Waals surface area contributed by atoms with Crippen LogP contribution in [0.3, 0.4) is 0 Å². The Balaban J connectivity index is 2.24. The average molecular weight is 589 g/mol. The average Bonchev–Trinajstić information content (AvgIpc) is 3.19. The summed E-state index contributed by atoms with van der Waals surface area (Å²) in [6.07, 6.45) is 5.57. The van der Waals surface area contributed by atoms with Crippen molar-refractivity contribution in [1.29, 1.82) is 0 Å². The molecule has 11 nitrogen and oxygen atoms in total. The summed E-state index contributed by atoms with van der Waals surface area (Å²) >= 11 is 0. The monoisotopic (exact) mass is 588 g/mol. The van der Waals surface area contributed by atoms with Gasteiger partial charge in [0, 0.05) is 5.92 Å². The number of alkyl carbamates (subject to hydrolysis) is 1. The lowest BCUT2D eigenvalue weighted by molar-refractivity contribution is -0.142. The maximum absolute atomic E-state index is 14.0. The standard InChI is InChI=1S/C31H48N4O7/c1-11-13-19(24(38)27(40)33-16-20(36)32-14-12-2)34-26(39)21-17(15-18-22(21)31(18,9)10)23(37)25(29(3,4)5)35-28(41)42-30(6,7)8/h2,17-19,21-22,25H,11,13-16H2,1,3-10H3,(H,32,36)(H,33,40)(H,34,39)(H,35,41)/t17?,18-,19?,21-,22-,25+/m0/s1. The summed E-state index contributed by atoms with van der Waals surface area (Å²) in [6.45, 7) is 16.2. The molecule has 0 saturated heterocycles. The van der Waals surface area contributed by atoms with Crippen molar-refractivity contribution >= 4 is 35.4 Å². The summed E-state index contributed by atoms with van der Waals surface area (Å²) in [4.78, 5) is 77.8. The van der Waals surface area contributed by atoms with Crippen LogP contribution < -0.4 is 21.3 Å². The normalized spacial score (nSPS) is 23.7. The molecule has 0 aromatic heterocycles. The second kappa shape index (κ2) is 13.3. The van der Waals surface area contributed by atoms with Crippen molar-refractivity contribution in [2.75, 3.05) is 13.1 Å². The summed E-state index contributed by atoms with van der Waals surface area (Å²) in [5.74, 6) is -2.27. The molecule has 6 atom stereocenters. The summed E-state index contributed by atoms with van der Waals surface area (Å²) in [6, 6.07) is -2.03. The third kappa shape index (κ3) is 8.55. The number of carbonyl (C=O) groups excluding carboxylic acids is 6. The minimum Gasteiger partial charge on any atom is -0.444 e. The van der Waals surface area contributed by atoms with E-state index in [9.17, 15) is 28.8 Å².